The van der Waals surface area contributed by atoms with E-state index in [0.717, 1.165) is 10.2 Å². The van der Waals surface area contributed by atoms with Crippen LogP contribution in [0.3, 0.4) is 0 Å². The van der Waals surface area contributed by atoms with Gasteiger partial charge in [0.15, 0.2) is 0 Å². The van der Waals surface area contributed by atoms with Gasteiger partial charge in [0.05, 0.1) is 15.8 Å². The Morgan fingerprint density at radius 2 is 2.45 bits per heavy atom. The predicted molar refractivity (Wildman–Crippen MR) is 44.3 cm³/mol. The van der Waals surface area contributed by atoms with Gasteiger partial charge in [0.1, 0.15) is 6.07 Å². The minimum absolute atomic E-state index is 0.672. The van der Waals surface area contributed by atoms with E-state index in [2.05, 4.69) is 11.1 Å². The minimum Gasteiger partial charge on any atom is -0.254 e. The molecule has 0 saturated carbocycles. The second kappa shape index (κ2) is 2.33. The Bertz CT molecular complexity index is 425. The molecular formula is C8H4N2S. The first kappa shape index (κ1) is 6.32. The topological polar surface area (TPSA) is 36.7 Å². The summed E-state index contributed by atoms with van der Waals surface area (Å²) < 4.78 is 1.07. The van der Waals surface area contributed by atoms with Crippen molar-refractivity contribution in [3.63, 3.8) is 0 Å². The number of rotatable bonds is 0. The SMILES string of the molecule is N#Cc1csc2cccnc12. The third kappa shape index (κ3) is 0.883. The van der Waals surface area contributed by atoms with Crippen LogP contribution < -0.4 is 0 Å². The molecule has 11 heavy (non-hydrogen) atoms. The van der Waals surface area contributed by atoms with Gasteiger partial charge in [-0.25, -0.2) is 0 Å². The Balaban J connectivity index is 2.89. The average Bonchev–Trinajstić information content (AvgIpc) is 2.47. The van der Waals surface area contributed by atoms with Gasteiger partial charge >= 0.3 is 0 Å². The molecule has 0 aromatic carbocycles. The average molecular weight is 160 g/mol. The lowest BCUT2D eigenvalue weighted by atomic mass is 10.3. The van der Waals surface area contributed by atoms with E-state index < -0.39 is 0 Å². The molecule has 0 atom stereocenters. The lowest BCUT2D eigenvalue weighted by Crippen LogP contribution is -1.73. The van der Waals surface area contributed by atoms with Crippen LogP contribution in [-0.2, 0) is 0 Å². The lowest BCUT2D eigenvalue weighted by molar-refractivity contribution is 1.41. The Morgan fingerprint density at radius 3 is 3.27 bits per heavy atom. The molecule has 0 saturated heterocycles. The van der Waals surface area contributed by atoms with Crippen molar-refractivity contribution in [3.05, 3.63) is 29.3 Å². The normalized spacial score (nSPS) is 9.73. The van der Waals surface area contributed by atoms with Crippen molar-refractivity contribution >= 4 is 21.6 Å². The summed E-state index contributed by atoms with van der Waals surface area (Å²) in [5.74, 6) is 0. The molecule has 0 aliphatic heterocycles. The molecule has 2 nitrogen and oxygen atoms in total. The maximum absolute atomic E-state index is 8.64. The maximum Gasteiger partial charge on any atom is 0.102 e. The molecule has 2 heterocycles. The lowest BCUT2D eigenvalue weighted by Gasteiger charge is -1.84. The van der Waals surface area contributed by atoms with Crippen LogP contribution in [-0.4, -0.2) is 4.98 Å². The highest BCUT2D eigenvalue weighted by molar-refractivity contribution is 7.17. The van der Waals surface area contributed by atoms with Crippen LogP contribution in [0.25, 0.3) is 10.2 Å². The van der Waals surface area contributed by atoms with Gasteiger partial charge in [-0.1, -0.05) is 0 Å². The molecule has 0 N–H and O–H groups in total. The minimum atomic E-state index is 0.672. The summed E-state index contributed by atoms with van der Waals surface area (Å²) in [5.41, 5.74) is 1.49. The second-order valence-corrected chi connectivity index (χ2v) is 3.02. The zero-order chi connectivity index (χ0) is 7.68. The van der Waals surface area contributed by atoms with E-state index >= 15 is 0 Å². The summed E-state index contributed by atoms with van der Waals surface area (Å²) in [4.78, 5) is 4.10. The van der Waals surface area contributed by atoms with Crippen LogP contribution in [0.4, 0.5) is 0 Å². The summed E-state index contributed by atoms with van der Waals surface area (Å²) in [7, 11) is 0. The standard InChI is InChI=1S/C8H4N2S/c9-4-6-5-11-7-2-1-3-10-8(6)7/h1-3,5H. The van der Waals surface area contributed by atoms with E-state index in [-0.39, 0.29) is 0 Å². The van der Waals surface area contributed by atoms with Gasteiger partial charge < -0.3 is 0 Å². The number of hydrogen-bond donors (Lipinski definition) is 0. The molecule has 0 spiro atoms. The largest absolute Gasteiger partial charge is 0.254 e. The van der Waals surface area contributed by atoms with Gasteiger partial charge in [0, 0.05) is 11.6 Å². The monoisotopic (exact) mass is 160 g/mol. The van der Waals surface area contributed by atoms with Crippen molar-refractivity contribution in [2.75, 3.05) is 0 Å². The first-order valence-electron chi connectivity index (χ1n) is 3.14. The molecule has 2 aromatic heterocycles. The fourth-order valence-electron chi connectivity index (χ4n) is 0.945. The van der Waals surface area contributed by atoms with E-state index in [9.17, 15) is 0 Å². The Labute approximate surface area is 67.7 Å². The zero-order valence-corrected chi connectivity index (χ0v) is 6.43. The van der Waals surface area contributed by atoms with Crippen molar-refractivity contribution < 1.29 is 0 Å². The second-order valence-electron chi connectivity index (χ2n) is 2.11. The van der Waals surface area contributed by atoms with Gasteiger partial charge in [-0.05, 0) is 12.1 Å². The van der Waals surface area contributed by atoms with E-state index in [1.807, 2.05) is 17.5 Å². The maximum atomic E-state index is 8.64. The van der Waals surface area contributed by atoms with Crippen LogP contribution in [0.1, 0.15) is 5.56 Å². The van der Waals surface area contributed by atoms with Crippen molar-refractivity contribution in [1.82, 2.24) is 4.98 Å². The van der Waals surface area contributed by atoms with Crippen LogP contribution in [0.15, 0.2) is 23.7 Å². The summed E-state index contributed by atoms with van der Waals surface area (Å²) in [6, 6.07) is 5.94. The molecule has 3 heteroatoms. The number of hydrogen-bond acceptors (Lipinski definition) is 3. The molecule has 0 fully saturated rings. The molecule has 2 rings (SSSR count). The third-order valence-corrected chi connectivity index (χ3v) is 2.39. The summed E-state index contributed by atoms with van der Waals surface area (Å²) in [5, 5.41) is 10.5. The molecule has 0 unspecified atom stereocenters. The van der Waals surface area contributed by atoms with E-state index in [1.54, 1.807) is 17.5 Å². The van der Waals surface area contributed by atoms with Crippen molar-refractivity contribution in [1.29, 1.82) is 5.26 Å². The third-order valence-electron chi connectivity index (χ3n) is 1.45. The van der Waals surface area contributed by atoms with Gasteiger partial charge in [-0.15, -0.1) is 11.3 Å². The van der Waals surface area contributed by atoms with Crippen LogP contribution in [0.5, 0.6) is 0 Å². The number of pyridine rings is 1. The molecule has 2 aromatic rings. The Hall–Kier alpha value is -1.40. The van der Waals surface area contributed by atoms with Gasteiger partial charge in [-0.3, -0.25) is 4.98 Å². The highest BCUT2D eigenvalue weighted by Gasteiger charge is 2.01. The molecular weight excluding hydrogens is 156 g/mol. The van der Waals surface area contributed by atoms with Crippen LogP contribution in [0, 0.1) is 11.3 Å². The molecule has 0 amide bonds. The van der Waals surface area contributed by atoms with Gasteiger partial charge in [0.2, 0.25) is 0 Å². The Kier molecular flexibility index (Phi) is 1.34. The molecule has 0 aliphatic carbocycles. The fourth-order valence-corrected chi connectivity index (χ4v) is 1.79. The first-order chi connectivity index (χ1) is 5.42. The van der Waals surface area contributed by atoms with E-state index in [1.165, 1.54) is 0 Å². The highest BCUT2D eigenvalue weighted by Crippen LogP contribution is 2.22. The molecule has 0 aliphatic rings. The van der Waals surface area contributed by atoms with Crippen LogP contribution >= 0.6 is 11.3 Å². The fraction of sp³-hybridized carbons (Fsp3) is 0. The molecule has 52 valence electrons. The summed E-state index contributed by atoms with van der Waals surface area (Å²) in [6.45, 7) is 0. The van der Waals surface area contributed by atoms with Crippen molar-refractivity contribution in [2.45, 2.75) is 0 Å². The Morgan fingerprint density at radius 1 is 1.55 bits per heavy atom. The first-order valence-corrected chi connectivity index (χ1v) is 4.02. The van der Waals surface area contributed by atoms with E-state index in [4.69, 9.17) is 5.26 Å². The predicted octanol–water partition coefficient (Wildman–Crippen LogP) is 2.17. The van der Waals surface area contributed by atoms with Gasteiger partial charge in [-0.2, -0.15) is 5.26 Å². The van der Waals surface area contributed by atoms with E-state index in [0.29, 0.717) is 5.56 Å². The number of thiophene rings is 1. The summed E-state index contributed by atoms with van der Waals surface area (Å²) >= 11 is 1.55. The van der Waals surface area contributed by atoms with Crippen molar-refractivity contribution in [2.24, 2.45) is 0 Å². The molecule has 0 bridgehead atoms. The number of nitriles is 1. The van der Waals surface area contributed by atoms with Crippen molar-refractivity contribution in [3.8, 4) is 6.07 Å². The van der Waals surface area contributed by atoms with Gasteiger partial charge in [0.25, 0.3) is 0 Å². The number of nitrogens with zero attached hydrogens (tertiary/aromatic N) is 2. The highest BCUT2D eigenvalue weighted by atomic mass is 32.1. The molecule has 0 radical (unpaired) electrons. The number of fused-ring (bicyclic) bond motifs is 1. The number of aromatic nitrogens is 1. The van der Waals surface area contributed by atoms with Crippen LogP contribution in [0.2, 0.25) is 0 Å². The quantitative estimate of drug-likeness (QED) is 0.592. The summed E-state index contributed by atoms with van der Waals surface area (Å²) in [6.07, 6.45) is 1.70. The zero-order valence-electron chi connectivity index (χ0n) is 5.61. The smallest absolute Gasteiger partial charge is 0.102 e.